The standard InChI is InChI=1S/C31H22NO.C17H10NO.Ir/c1-21-10-12-24(13-11-21)25-14-15-26-27-8-5-9-28(31(27)33-30(26)20-25)29-19-23(16-17-32-29)18-22-6-3-2-4-7-22;1-2-10-16-12(6-1)13-7-5-8-14(17(13)19-16)15-9-3-4-11-18-15;/h2-8,10-17,19-20H,18H2,1H3;1-7,9-11H;/q2*-1;/i1D3,18D2;;. The quantitative estimate of drug-likeness (QED) is 0.162. The third kappa shape index (κ3) is 6.81. The van der Waals surface area contributed by atoms with E-state index in [9.17, 15) is 0 Å². The molecule has 0 bridgehead atoms. The van der Waals surface area contributed by atoms with Crippen LogP contribution in [0.5, 0.6) is 0 Å². The van der Waals surface area contributed by atoms with E-state index in [0.29, 0.717) is 39.1 Å². The molecule has 0 N–H and O–H groups in total. The molecule has 0 atom stereocenters. The normalized spacial score (nSPS) is 12.9. The molecule has 10 aromatic rings. The number of aryl methyl sites for hydroxylation is 1. The largest absolute Gasteiger partial charge is 0.501 e. The van der Waals surface area contributed by atoms with Crippen molar-refractivity contribution in [1.29, 1.82) is 0 Å². The van der Waals surface area contributed by atoms with Crippen LogP contribution in [-0.2, 0) is 26.5 Å². The molecule has 1 radical (unpaired) electrons. The van der Waals surface area contributed by atoms with Crippen molar-refractivity contribution in [2.75, 3.05) is 0 Å². The fourth-order valence-electron chi connectivity index (χ4n) is 6.50. The summed E-state index contributed by atoms with van der Waals surface area (Å²) in [7, 11) is 0. The first-order chi connectivity index (χ1) is 27.6. The van der Waals surface area contributed by atoms with E-state index in [0.717, 1.165) is 55.1 Å². The van der Waals surface area contributed by atoms with Crippen LogP contribution in [0.15, 0.2) is 173 Å². The van der Waals surface area contributed by atoms with E-state index in [2.05, 4.69) is 28.2 Å². The van der Waals surface area contributed by atoms with E-state index in [-0.39, 0.29) is 20.1 Å². The smallest absolute Gasteiger partial charge is 0.121 e. The summed E-state index contributed by atoms with van der Waals surface area (Å²) < 4.78 is 52.6. The predicted molar refractivity (Wildman–Crippen MR) is 211 cm³/mol. The number of hydrogen-bond acceptors (Lipinski definition) is 4. The zero-order valence-corrected chi connectivity index (χ0v) is 30.5. The molecule has 0 fully saturated rings. The number of fused-ring (bicyclic) bond motifs is 6. The number of pyridine rings is 2. The van der Waals surface area contributed by atoms with E-state index in [4.69, 9.17) is 15.7 Å². The van der Waals surface area contributed by atoms with Crippen LogP contribution in [0.2, 0.25) is 0 Å². The third-order valence-electron chi connectivity index (χ3n) is 8.99. The van der Waals surface area contributed by atoms with Gasteiger partial charge in [0.25, 0.3) is 0 Å². The first-order valence-electron chi connectivity index (χ1n) is 19.4. The average molecular weight is 866 g/mol. The molecule has 0 aliphatic heterocycles. The second kappa shape index (κ2) is 14.8. The van der Waals surface area contributed by atoms with Gasteiger partial charge in [0.1, 0.15) is 11.2 Å². The molecule has 4 nitrogen and oxygen atoms in total. The number of furan rings is 2. The Morgan fingerprint density at radius 3 is 1.96 bits per heavy atom. The number of aromatic nitrogens is 2. The van der Waals surface area contributed by atoms with Gasteiger partial charge in [-0.1, -0.05) is 131 Å². The van der Waals surface area contributed by atoms with Crippen molar-refractivity contribution in [2.45, 2.75) is 13.2 Å². The maximum absolute atomic E-state index is 8.74. The van der Waals surface area contributed by atoms with Crippen molar-refractivity contribution in [3.63, 3.8) is 0 Å². The average Bonchev–Trinajstić information content (AvgIpc) is 3.83. The summed E-state index contributed by atoms with van der Waals surface area (Å²) in [6.07, 6.45) is 1.71. The second-order valence-electron chi connectivity index (χ2n) is 12.3. The minimum atomic E-state index is -2.14. The first kappa shape index (κ1) is 28.5. The van der Waals surface area contributed by atoms with E-state index in [1.54, 1.807) is 60.9 Å². The number of rotatable bonds is 5. The number of benzene rings is 6. The van der Waals surface area contributed by atoms with Crippen molar-refractivity contribution in [1.82, 2.24) is 9.97 Å². The Hall–Kier alpha value is -6.13. The van der Waals surface area contributed by atoms with Crippen LogP contribution in [0.1, 0.15) is 23.5 Å². The van der Waals surface area contributed by atoms with Crippen molar-refractivity contribution in [3.05, 3.63) is 193 Å². The van der Waals surface area contributed by atoms with Gasteiger partial charge in [0, 0.05) is 50.1 Å². The molecule has 53 heavy (non-hydrogen) atoms. The molecule has 6 aromatic carbocycles. The van der Waals surface area contributed by atoms with E-state index >= 15 is 0 Å². The minimum absolute atomic E-state index is 0. The van der Waals surface area contributed by atoms with Crippen molar-refractivity contribution >= 4 is 43.9 Å². The van der Waals surface area contributed by atoms with Gasteiger partial charge in [-0.2, -0.15) is 0 Å². The first-order valence-corrected chi connectivity index (χ1v) is 16.9. The topological polar surface area (TPSA) is 52.1 Å². The third-order valence-corrected chi connectivity index (χ3v) is 8.99. The van der Waals surface area contributed by atoms with Gasteiger partial charge in [-0.3, -0.25) is 0 Å². The fraction of sp³-hybridized carbons (Fsp3) is 0.0417. The van der Waals surface area contributed by atoms with Gasteiger partial charge in [-0.15, -0.1) is 36.4 Å². The van der Waals surface area contributed by atoms with Crippen LogP contribution in [0.25, 0.3) is 77.5 Å². The Balaban J connectivity index is 0.000000196. The summed E-state index contributed by atoms with van der Waals surface area (Å²) in [6, 6.07) is 53.4. The SMILES string of the molecule is [2H]C([2H])([2H])c1ccc(-c2ccc3c(c2)oc2c(-c4cc(C([2H])([2H])c5ccccc5)ccn4)[c-]ccc23)cc1.[Ir].[c-]1ccc2c(oc3ccccc32)c1-c1ccccn1. The van der Waals surface area contributed by atoms with E-state index < -0.39 is 13.2 Å². The molecule has 0 aliphatic rings. The Morgan fingerprint density at radius 1 is 0.547 bits per heavy atom. The summed E-state index contributed by atoms with van der Waals surface area (Å²) in [4.78, 5) is 8.90. The van der Waals surface area contributed by atoms with Crippen molar-refractivity contribution in [2.24, 2.45) is 0 Å². The molecular weight excluding hydrogens is 829 g/mol. The molecule has 4 heterocycles. The van der Waals surface area contributed by atoms with Crippen molar-refractivity contribution in [3.8, 4) is 33.6 Å². The van der Waals surface area contributed by atoms with Gasteiger partial charge in [0.15, 0.2) is 0 Å². The molecular formula is C48H32IrN2O2-2. The Bertz CT molecular complexity index is 3030. The van der Waals surface area contributed by atoms with Gasteiger partial charge in [-0.25, -0.2) is 0 Å². The maximum atomic E-state index is 8.74. The minimum Gasteiger partial charge on any atom is -0.501 e. The summed E-state index contributed by atoms with van der Waals surface area (Å²) in [5, 5.41) is 4.09. The number of nitrogens with zero attached hydrogens (tertiary/aromatic N) is 2. The van der Waals surface area contributed by atoms with Gasteiger partial charge in [0.2, 0.25) is 0 Å². The zero-order chi connectivity index (χ0) is 39.1. The summed E-state index contributed by atoms with van der Waals surface area (Å²) in [5.41, 5.74) is 9.27. The molecule has 257 valence electrons. The van der Waals surface area contributed by atoms with Gasteiger partial charge >= 0.3 is 0 Å². The summed E-state index contributed by atoms with van der Waals surface area (Å²) >= 11 is 0. The predicted octanol–water partition coefficient (Wildman–Crippen LogP) is 12.5. The van der Waals surface area contributed by atoms with Crippen molar-refractivity contribution < 1.29 is 35.8 Å². The summed E-state index contributed by atoms with van der Waals surface area (Å²) in [5.74, 6) is 0. The molecule has 5 heteroatoms. The molecule has 0 saturated heterocycles. The molecule has 0 saturated carbocycles. The number of para-hydroxylation sites is 1. The second-order valence-corrected chi connectivity index (χ2v) is 12.3. The van der Waals surface area contributed by atoms with Gasteiger partial charge in [0.05, 0.1) is 11.2 Å². The van der Waals surface area contributed by atoms with Gasteiger partial charge < -0.3 is 18.8 Å². The fourth-order valence-corrected chi connectivity index (χ4v) is 6.50. The van der Waals surface area contributed by atoms with Crippen LogP contribution >= 0.6 is 0 Å². The van der Waals surface area contributed by atoms with E-state index in [1.807, 2.05) is 97.1 Å². The number of hydrogen-bond donors (Lipinski definition) is 0. The maximum Gasteiger partial charge on any atom is 0.121 e. The van der Waals surface area contributed by atoms with Gasteiger partial charge in [-0.05, 0) is 71.1 Å². The molecule has 0 amide bonds. The van der Waals surface area contributed by atoms with Crippen LogP contribution in [0.3, 0.4) is 0 Å². The molecule has 4 aromatic heterocycles. The molecule has 0 spiro atoms. The Kier molecular flexibility index (Phi) is 7.97. The molecule has 0 unspecified atom stereocenters. The van der Waals surface area contributed by atoms with Crippen LogP contribution in [0.4, 0.5) is 0 Å². The molecule has 0 aliphatic carbocycles. The van der Waals surface area contributed by atoms with Crippen LogP contribution < -0.4 is 0 Å². The monoisotopic (exact) mass is 866 g/mol. The Morgan fingerprint density at radius 2 is 1.21 bits per heavy atom. The Labute approximate surface area is 328 Å². The van der Waals surface area contributed by atoms with Crippen LogP contribution in [-0.4, -0.2) is 9.97 Å². The van der Waals surface area contributed by atoms with E-state index in [1.165, 1.54) is 0 Å². The van der Waals surface area contributed by atoms with Crippen LogP contribution in [0, 0.1) is 19.0 Å². The zero-order valence-electron chi connectivity index (χ0n) is 33.1. The molecule has 10 rings (SSSR count). The summed E-state index contributed by atoms with van der Waals surface area (Å²) in [6.45, 7) is -2.14.